The molecular weight excluding hydrogens is 274 g/mol. The number of carboxylic acid groups (broad SMARTS) is 1. The van der Waals surface area contributed by atoms with Gasteiger partial charge in [0.1, 0.15) is 0 Å². The van der Waals surface area contributed by atoms with Crippen LogP contribution in [0.25, 0.3) is 11.0 Å². The fourth-order valence-electron chi connectivity index (χ4n) is 1.89. The maximum Gasteiger partial charge on any atom is 0.336 e. The van der Waals surface area contributed by atoms with E-state index >= 15 is 0 Å². The number of aromatic amines is 1. The molecule has 0 bridgehead atoms. The summed E-state index contributed by atoms with van der Waals surface area (Å²) in [5, 5.41) is 9.80. The van der Waals surface area contributed by atoms with E-state index in [9.17, 15) is 4.79 Å². The number of carbonyl (C=O) groups is 1. The minimum Gasteiger partial charge on any atom is -0.478 e. The van der Waals surface area contributed by atoms with Crippen LogP contribution in [0.15, 0.2) is 46.7 Å². The van der Waals surface area contributed by atoms with E-state index in [0.29, 0.717) is 10.1 Å². The number of rotatable bonds is 3. The SMILES string of the molecule is Cc1ccc2nc(Sc3cnccc3C(=O)O)[nH]c2c1. The number of fused-ring (bicyclic) bond motifs is 1. The van der Waals surface area contributed by atoms with Crippen LogP contribution < -0.4 is 0 Å². The zero-order valence-corrected chi connectivity index (χ0v) is 11.4. The molecule has 0 saturated carbocycles. The first kappa shape index (κ1) is 12.7. The van der Waals surface area contributed by atoms with Gasteiger partial charge in [-0.05, 0) is 42.4 Å². The fourth-order valence-corrected chi connectivity index (χ4v) is 2.78. The Morgan fingerprint density at radius 3 is 3.00 bits per heavy atom. The van der Waals surface area contributed by atoms with Crippen LogP contribution in [0.1, 0.15) is 15.9 Å². The minimum absolute atomic E-state index is 0.224. The Morgan fingerprint density at radius 2 is 2.20 bits per heavy atom. The largest absolute Gasteiger partial charge is 0.478 e. The summed E-state index contributed by atoms with van der Waals surface area (Å²) < 4.78 is 0. The van der Waals surface area contributed by atoms with Crippen molar-refractivity contribution in [3.63, 3.8) is 0 Å². The monoisotopic (exact) mass is 285 g/mol. The quantitative estimate of drug-likeness (QED) is 0.773. The van der Waals surface area contributed by atoms with Crippen molar-refractivity contribution in [2.24, 2.45) is 0 Å². The summed E-state index contributed by atoms with van der Waals surface area (Å²) in [4.78, 5) is 23.3. The molecule has 3 aromatic rings. The van der Waals surface area contributed by atoms with E-state index in [1.165, 1.54) is 30.2 Å². The van der Waals surface area contributed by atoms with Gasteiger partial charge in [0.2, 0.25) is 0 Å². The van der Waals surface area contributed by atoms with Gasteiger partial charge in [-0.15, -0.1) is 0 Å². The number of aromatic nitrogens is 3. The Balaban J connectivity index is 1.99. The van der Waals surface area contributed by atoms with Crippen LogP contribution in [-0.2, 0) is 0 Å². The van der Waals surface area contributed by atoms with Crippen molar-refractivity contribution in [2.75, 3.05) is 0 Å². The van der Waals surface area contributed by atoms with Gasteiger partial charge in [0.15, 0.2) is 5.16 Å². The number of aromatic carboxylic acids is 1. The molecule has 0 unspecified atom stereocenters. The molecule has 1 aromatic carbocycles. The average Bonchev–Trinajstić information content (AvgIpc) is 2.80. The lowest BCUT2D eigenvalue weighted by Crippen LogP contribution is -1.99. The van der Waals surface area contributed by atoms with Crippen LogP contribution in [0.2, 0.25) is 0 Å². The van der Waals surface area contributed by atoms with Gasteiger partial charge in [-0.25, -0.2) is 9.78 Å². The molecule has 2 heterocycles. The second-order valence-corrected chi connectivity index (χ2v) is 5.37. The number of benzene rings is 1. The number of hydrogen-bond donors (Lipinski definition) is 2. The van der Waals surface area contributed by atoms with Crippen LogP contribution >= 0.6 is 11.8 Å². The molecule has 0 spiro atoms. The summed E-state index contributed by atoms with van der Waals surface area (Å²) in [6.45, 7) is 2.01. The summed E-state index contributed by atoms with van der Waals surface area (Å²) in [7, 11) is 0. The lowest BCUT2D eigenvalue weighted by atomic mass is 10.2. The van der Waals surface area contributed by atoms with E-state index in [1.807, 2.05) is 25.1 Å². The molecule has 0 radical (unpaired) electrons. The maximum atomic E-state index is 11.2. The highest BCUT2D eigenvalue weighted by atomic mass is 32.2. The van der Waals surface area contributed by atoms with Crippen molar-refractivity contribution in [1.82, 2.24) is 15.0 Å². The lowest BCUT2D eigenvalue weighted by Gasteiger charge is -2.01. The Labute approximate surface area is 119 Å². The van der Waals surface area contributed by atoms with Crippen LogP contribution in [0.4, 0.5) is 0 Å². The van der Waals surface area contributed by atoms with Gasteiger partial charge in [-0.3, -0.25) is 4.98 Å². The summed E-state index contributed by atoms with van der Waals surface area (Å²) in [5.74, 6) is -0.971. The fraction of sp³-hybridized carbons (Fsp3) is 0.0714. The first-order valence-electron chi connectivity index (χ1n) is 5.95. The van der Waals surface area contributed by atoms with Crippen LogP contribution in [0, 0.1) is 6.92 Å². The van der Waals surface area contributed by atoms with Crippen LogP contribution in [0.5, 0.6) is 0 Å². The number of carboxylic acids is 1. The molecule has 0 atom stereocenters. The predicted molar refractivity (Wildman–Crippen MR) is 76.2 cm³/mol. The van der Waals surface area contributed by atoms with Crippen molar-refractivity contribution < 1.29 is 9.90 Å². The number of imidazole rings is 1. The van der Waals surface area contributed by atoms with Crippen molar-refractivity contribution in [3.8, 4) is 0 Å². The molecule has 100 valence electrons. The standard InChI is InChI=1S/C14H11N3O2S/c1-8-2-3-10-11(6-8)17-14(16-10)20-12-7-15-5-4-9(12)13(18)19/h2-7H,1H3,(H,16,17)(H,18,19). The number of pyridine rings is 1. The highest BCUT2D eigenvalue weighted by Crippen LogP contribution is 2.29. The number of nitrogens with one attached hydrogen (secondary N) is 1. The van der Waals surface area contributed by atoms with Gasteiger partial charge < -0.3 is 10.1 Å². The zero-order chi connectivity index (χ0) is 14.1. The number of nitrogens with zero attached hydrogens (tertiary/aromatic N) is 2. The van der Waals surface area contributed by atoms with Gasteiger partial charge >= 0.3 is 5.97 Å². The molecule has 0 fully saturated rings. The molecule has 0 aliphatic heterocycles. The highest BCUT2D eigenvalue weighted by Gasteiger charge is 2.13. The van der Waals surface area contributed by atoms with Crippen molar-refractivity contribution in [1.29, 1.82) is 0 Å². The number of H-pyrrole nitrogens is 1. The lowest BCUT2D eigenvalue weighted by molar-refractivity contribution is 0.0693. The normalized spacial score (nSPS) is 10.8. The van der Waals surface area contributed by atoms with Gasteiger partial charge in [-0.1, -0.05) is 6.07 Å². The van der Waals surface area contributed by atoms with Crippen LogP contribution in [0.3, 0.4) is 0 Å². The Kier molecular flexibility index (Phi) is 3.15. The molecule has 6 heteroatoms. The minimum atomic E-state index is -0.971. The van der Waals surface area contributed by atoms with E-state index in [0.717, 1.165) is 16.6 Å². The van der Waals surface area contributed by atoms with Gasteiger partial charge in [0, 0.05) is 17.3 Å². The molecule has 0 aliphatic rings. The van der Waals surface area contributed by atoms with E-state index in [2.05, 4.69) is 15.0 Å². The average molecular weight is 285 g/mol. The third kappa shape index (κ3) is 2.37. The maximum absolute atomic E-state index is 11.2. The molecule has 2 N–H and O–H groups in total. The summed E-state index contributed by atoms with van der Waals surface area (Å²) >= 11 is 1.26. The molecule has 0 amide bonds. The Morgan fingerprint density at radius 1 is 1.35 bits per heavy atom. The molecule has 3 rings (SSSR count). The summed E-state index contributed by atoms with van der Waals surface area (Å²) in [5.41, 5.74) is 3.17. The van der Waals surface area contributed by atoms with E-state index < -0.39 is 5.97 Å². The topological polar surface area (TPSA) is 78.9 Å². The summed E-state index contributed by atoms with van der Waals surface area (Å²) in [6.07, 6.45) is 3.00. The number of aryl methyl sites for hydroxylation is 1. The van der Waals surface area contributed by atoms with Crippen molar-refractivity contribution >= 4 is 28.8 Å². The second kappa shape index (κ2) is 4.97. The zero-order valence-electron chi connectivity index (χ0n) is 10.6. The molecule has 2 aromatic heterocycles. The second-order valence-electron chi connectivity index (χ2n) is 4.34. The first-order chi connectivity index (χ1) is 9.63. The Hall–Kier alpha value is -2.34. The first-order valence-corrected chi connectivity index (χ1v) is 6.76. The Bertz CT molecular complexity index is 798. The van der Waals surface area contributed by atoms with E-state index in [1.54, 1.807) is 0 Å². The summed E-state index contributed by atoms with van der Waals surface area (Å²) in [6, 6.07) is 7.42. The molecular formula is C14H11N3O2S. The van der Waals surface area contributed by atoms with E-state index in [4.69, 9.17) is 5.11 Å². The molecule has 0 aliphatic carbocycles. The number of hydrogen-bond acceptors (Lipinski definition) is 4. The van der Waals surface area contributed by atoms with Crippen LogP contribution in [-0.4, -0.2) is 26.0 Å². The third-order valence-electron chi connectivity index (χ3n) is 2.84. The molecule has 5 nitrogen and oxygen atoms in total. The highest BCUT2D eigenvalue weighted by molar-refractivity contribution is 7.99. The third-order valence-corrected chi connectivity index (χ3v) is 3.77. The van der Waals surface area contributed by atoms with E-state index in [-0.39, 0.29) is 5.56 Å². The predicted octanol–water partition coefficient (Wildman–Crippen LogP) is 3.12. The van der Waals surface area contributed by atoms with Crippen molar-refractivity contribution in [3.05, 3.63) is 47.8 Å². The smallest absolute Gasteiger partial charge is 0.336 e. The van der Waals surface area contributed by atoms with Gasteiger partial charge in [0.05, 0.1) is 16.6 Å². The van der Waals surface area contributed by atoms with Crippen molar-refractivity contribution in [2.45, 2.75) is 17.0 Å². The van der Waals surface area contributed by atoms with Gasteiger partial charge in [-0.2, -0.15) is 0 Å². The molecule has 0 saturated heterocycles. The van der Waals surface area contributed by atoms with Gasteiger partial charge in [0.25, 0.3) is 0 Å². The molecule has 20 heavy (non-hydrogen) atoms.